The predicted molar refractivity (Wildman–Crippen MR) is 22.3 cm³/mol. The van der Waals surface area contributed by atoms with Crippen molar-refractivity contribution in [3.8, 4) is 0 Å². The maximum Gasteiger partial charge on any atom is 0.235 e. The van der Waals surface area contributed by atoms with Crippen molar-refractivity contribution >= 4 is 0 Å². The zero-order chi connectivity index (χ0) is 6.08. The fourth-order valence-electron chi connectivity index (χ4n) is 0. The summed E-state index contributed by atoms with van der Waals surface area (Å²) in [5.41, 5.74) is 0. The fourth-order valence-corrected chi connectivity index (χ4v) is 0. The quantitative estimate of drug-likeness (QED) is 0.534. The van der Waals surface area contributed by atoms with E-state index in [-0.39, 0.29) is 0 Å². The Morgan fingerprint density at radius 1 is 1.71 bits per heavy atom. The van der Waals surface area contributed by atoms with Crippen LogP contribution in [0.3, 0.4) is 0 Å². The van der Waals surface area contributed by atoms with Gasteiger partial charge in [-0.1, -0.05) is 0 Å². The Balaban J connectivity index is 3.54. The zero-order valence-electron chi connectivity index (χ0n) is 4.28. The highest BCUT2D eigenvalue weighted by molar-refractivity contribution is 4.63. The summed E-state index contributed by atoms with van der Waals surface area (Å²) in [7, 11) is 0. The van der Waals surface area contributed by atoms with Crippen LogP contribution in [0, 0.1) is 0 Å². The van der Waals surface area contributed by atoms with Crippen LogP contribution in [-0.4, -0.2) is 17.1 Å². The van der Waals surface area contributed by atoms with Crippen LogP contribution < -0.4 is 0 Å². The molecule has 1 N–H and O–H groups in total. The summed E-state index contributed by atoms with van der Waals surface area (Å²) in [5, 5.41) is 8.05. The van der Waals surface area contributed by atoms with Gasteiger partial charge in [-0.25, -0.2) is 8.78 Å². The minimum Gasteiger partial charge on any atom is -0.360 e. The predicted octanol–water partition coefficient (Wildman–Crippen LogP) is 1.02. The highest BCUT2D eigenvalue weighted by atomic mass is 19.2. The Bertz CT molecular complexity index is 55.2. The smallest absolute Gasteiger partial charge is 0.235 e. The molecule has 0 radical (unpaired) electrons. The van der Waals surface area contributed by atoms with E-state index in [2.05, 4.69) is 0 Å². The van der Waals surface area contributed by atoms with Gasteiger partial charge in [0.2, 0.25) is 5.85 Å². The van der Waals surface area contributed by atoms with Crippen molar-refractivity contribution in [1.82, 2.24) is 0 Å². The molecule has 0 saturated heterocycles. The van der Waals surface area contributed by atoms with E-state index in [4.69, 9.17) is 5.11 Å². The highest BCUT2D eigenvalue weighted by Gasteiger charge is 2.26. The van der Waals surface area contributed by atoms with Crippen LogP contribution in [0.4, 0.5) is 8.78 Å². The molecule has 0 rings (SSSR count). The third kappa shape index (κ3) is 2.51. The standard InChI is InChI=1S/C4H8F2O/c1-3(5)4(2,6)7/h3,7H,1-2H3. The van der Waals surface area contributed by atoms with Crippen LogP contribution in [0.5, 0.6) is 0 Å². The van der Waals surface area contributed by atoms with E-state index in [1.807, 2.05) is 0 Å². The summed E-state index contributed by atoms with van der Waals surface area (Å²) >= 11 is 0. The summed E-state index contributed by atoms with van der Waals surface area (Å²) in [6, 6.07) is 0. The molecule has 0 amide bonds. The molecule has 3 heteroatoms. The first kappa shape index (κ1) is 6.82. The number of aliphatic hydroxyl groups is 1. The molecule has 0 saturated carbocycles. The molecule has 7 heavy (non-hydrogen) atoms. The van der Waals surface area contributed by atoms with E-state index < -0.39 is 12.0 Å². The Morgan fingerprint density at radius 2 is 1.86 bits per heavy atom. The summed E-state index contributed by atoms with van der Waals surface area (Å²) < 4.78 is 23.3. The Morgan fingerprint density at radius 3 is 1.86 bits per heavy atom. The number of rotatable bonds is 1. The van der Waals surface area contributed by atoms with Crippen molar-refractivity contribution in [2.45, 2.75) is 25.9 Å². The van der Waals surface area contributed by atoms with Gasteiger partial charge in [-0.05, 0) is 13.8 Å². The van der Waals surface area contributed by atoms with Crippen molar-refractivity contribution in [2.75, 3.05) is 0 Å². The number of hydrogen-bond donors (Lipinski definition) is 1. The molecule has 0 bridgehead atoms. The van der Waals surface area contributed by atoms with E-state index >= 15 is 0 Å². The van der Waals surface area contributed by atoms with E-state index in [1.165, 1.54) is 0 Å². The van der Waals surface area contributed by atoms with Crippen LogP contribution >= 0.6 is 0 Å². The third-order valence-corrected chi connectivity index (χ3v) is 0.726. The van der Waals surface area contributed by atoms with Gasteiger partial charge in [0.25, 0.3) is 0 Å². The molecule has 0 aliphatic rings. The SMILES string of the molecule is CC(F)C(C)(O)F. The van der Waals surface area contributed by atoms with Crippen LogP contribution in [0.2, 0.25) is 0 Å². The number of halogens is 2. The lowest BCUT2D eigenvalue weighted by Crippen LogP contribution is -2.27. The first-order valence-corrected chi connectivity index (χ1v) is 2.00. The van der Waals surface area contributed by atoms with E-state index in [9.17, 15) is 8.78 Å². The molecule has 1 nitrogen and oxygen atoms in total. The van der Waals surface area contributed by atoms with E-state index in [1.54, 1.807) is 0 Å². The molecule has 0 aromatic carbocycles. The van der Waals surface area contributed by atoms with Gasteiger partial charge >= 0.3 is 0 Å². The van der Waals surface area contributed by atoms with Gasteiger partial charge in [0.15, 0.2) is 6.17 Å². The van der Waals surface area contributed by atoms with Gasteiger partial charge in [-0.2, -0.15) is 0 Å². The Hall–Kier alpha value is -0.180. The van der Waals surface area contributed by atoms with Crippen LogP contribution in [0.25, 0.3) is 0 Å². The second-order valence-corrected chi connectivity index (χ2v) is 1.64. The lowest BCUT2D eigenvalue weighted by molar-refractivity contribution is -0.121. The molecular weight excluding hydrogens is 102 g/mol. The topological polar surface area (TPSA) is 20.2 Å². The minimum atomic E-state index is -2.67. The molecule has 0 spiro atoms. The second kappa shape index (κ2) is 1.74. The normalized spacial score (nSPS) is 23.6. The summed E-state index contributed by atoms with van der Waals surface area (Å²) in [4.78, 5) is 0. The van der Waals surface area contributed by atoms with Gasteiger partial charge in [-0.15, -0.1) is 0 Å². The Kier molecular flexibility index (Phi) is 1.69. The van der Waals surface area contributed by atoms with Crippen molar-refractivity contribution in [1.29, 1.82) is 0 Å². The highest BCUT2D eigenvalue weighted by Crippen LogP contribution is 2.12. The maximum absolute atomic E-state index is 11.7. The van der Waals surface area contributed by atoms with Crippen molar-refractivity contribution < 1.29 is 13.9 Å². The minimum absolute atomic E-state index is 0.775. The van der Waals surface area contributed by atoms with Crippen LogP contribution in [0.15, 0.2) is 0 Å². The molecule has 2 atom stereocenters. The largest absolute Gasteiger partial charge is 0.360 e. The molecule has 0 heterocycles. The van der Waals surface area contributed by atoms with Gasteiger partial charge < -0.3 is 5.11 Å². The Labute approximate surface area is 41.0 Å². The van der Waals surface area contributed by atoms with Gasteiger partial charge in [0.1, 0.15) is 0 Å². The molecule has 0 aromatic rings. The molecule has 0 aliphatic carbocycles. The molecule has 2 unspecified atom stereocenters. The lowest BCUT2D eigenvalue weighted by Gasteiger charge is -2.12. The zero-order valence-corrected chi connectivity index (χ0v) is 4.28. The maximum atomic E-state index is 11.7. The summed E-state index contributed by atoms with van der Waals surface area (Å²) in [5.74, 6) is -2.67. The average Bonchev–Trinajstić information content (AvgIpc) is 1.31. The number of alkyl halides is 2. The first-order valence-electron chi connectivity index (χ1n) is 2.00. The summed E-state index contributed by atoms with van der Waals surface area (Å²) in [6.45, 7) is 1.73. The third-order valence-electron chi connectivity index (χ3n) is 0.726. The first-order chi connectivity index (χ1) is 2.94. The van der Waals surface area contributed by atoms with Crippen LogP contribution in [-0.2, 0) is 0 Å². The van der Waals surface area contributed by atoms with Gasteiger partial charge in [0, 0.05) is 0 Å². The average molecular weight is 110 g/mol. The van der Waals surface area contributed by atoms with Gasteiger partial charge in [-0.3, -0.25) is 0 Å². The molecule has 0 fully saturated rings. The number of hydrogen-bond acceptors (Lipinski definition) is 1. The van der Waals surface area contributed by atoms with Crippen molar-refractivity contribution in [3.63, 3.8) is 0 Å². The van der Waals surface area contributed by atoms with E-state index in [0.717, 1.165) is 13.8 Å². The monoisotopic (exact) mass is 110 g/mol. The second-order valence-electron chi connectivity index (χ2n) is 1.64. The molecule has 0 aliphatic heterocycles. The molecule has 0 aromatic heterocycles. The van der Waals surface area contributed by atoms with Crippen molar-refractivity contribution in [2.24, 2.45) is 0 Å². The lowest BCUT2D eigenvalue weighted by atomic mass is 10.2. The molecule has 44 valence electrons. The molecular formula is C4H8F2O. The summed E-state index contributed by atoms with van der Waals surface area (Å²) in [6.07, 6.45) is -1.81. The van der Waals surface area contributed by atoms with Crippen molar-refractivity contribution in [3.05, 3.63) is 0 Å². The fraction of sp³-hybridized carbons (Fsp3) is 1.00. The van der Waals surface area contributed by atoms with E-state index in [0.29, 0.717) is 0 Å². The van der Waals surface area contributed by atoms with Crippen LogP contribution in [0.1, 0.15) is 13.8 Å². The van der Waals surface area contributed by atoms with Gasteiger partial charge in [0.05, 0.1) is 0 Å².